The van der Waals surface area contributed by atoms with Crippen molar-refractivity contribution < 1.29 is 14.4 Å². The van der Waals surface area contributed by atoms with E-state index in [9.17, 15) is 14.4 Å². The van der Waals surface area contributed by atoms with Crippen LogP contribution in [0.5, 0.6) is 0 Å². The number of amides is 2. The zero-order valence-electron chi connectivity index (χ0n) is 15.5. The number of allylic oxidation sites excluding steroid dienone is 1. The maximum Gasteiger partial charge on any atom is 0.276 e. The highest BCUT2D eigenvalue weighted by Gasteiger charge is 2.19. The number of aromatic nitrogens is 4. The summed E-state index contributed by atoms with van der Waals surface area (Å²) in [6, 6.07) is 3.42. The second-order valence-corrected chi connectivity index (χ2v) is 7.00. The number of rotatable bonds is 9. The van der Waals surface area contributed by atoms with Gasteiger partial charge in [-0.05, 0) is 26.0 Å². The van der Waals surface area contributed by atoms with E-state index in [1.54, 1.807) is 22.9 Å². The van der Waals surface area contributed by atoms with Gasteiger partial charge in [-0.1, -0.05) is 12.2 Å². The van der Waals surface area contributed by atoms with E-state index in [4.69, 9.17) is 0 Å². The van der Waals surface area contributed by atoms with E-state index >= 15 is 0 Å². The monoisotopic (exact) mass is 400 g/mol. The molecule has 0 saturated heterocycles. The van der Waals surface area contributed by atoms with E-state index in [2.05, 4.69) is 20.7 Å². The Kier molecular flexibility index (Phi) is 5.99. The molecule has 0 unspecified atom stereocenters. The molecule has 9 nitrogen and oxygen atoms in total. The van der Waals surface area contributed by atoms with Gasteiger partial charge < -0.3 is 5.32 Å². The summed E-state index contributed by atoms with van der Waals surface area (Å²) in [5.74, 6) is 0.0850. The molecular weight excluding hydrogens is 380 g/mol. The molecule has 0 aliphatic carbocycles. The second-order valence-electron chi connectivity index (χ2n) is 5.94. The van der Waals surface area contributed by atoms with Crippen LogP contribution in [0.2, 0.25) is 0 Å². The van der Waals surface area contributed by atoms with Gasteiger partial charge in [0, 0.05) is 19.6 Å². The summed E-state index contributed by atoms with van der Waals surface area (Å²) in [6.07, 6.45) is 5.06. The van der Waals surface area contributed by atoms with Crippen molar-refractivity contribution in [1.82, 2.24) is 24.6 Å². The number of fused-ring (bicyclic) bond motifs is 1. The van der Waals surface area contributed by atoms with Crippen molar-refractivity contribution in [3.63, 3.8) is 0 Å². The maximum absolute atomic E-state index is 12.8. The molecule has 3 rings (SSSR count). The topological polar surface area (TPSA) is 111 Å². The summed E-state index contributed by atoms with van der Waals surface area (Å²) in [5, 5.41) is 9.68. The Balaban J connectivity index is 1.90. The molecule has 0 aliphatic rings. The molecule has 0 radical (unpaired) electrons. The van der Waals surface area contributed by atoms with Crippen molar-refractivity contribution in [2.45, 2.75) is 26.9 Å². The van der Waals surface area contributed by atoms with Crippen LogP contribution in [0.25, 0.3) is 10.3 Å². The van der Waals surface area contributed by atoms with E-state index in [1.807, 2.05) is 24.5 Å². The van der Waals surface area contributed by atoms with Crippen LogP contribution >= 0.6 is 11.3 Å². The number of aryl methyl sites for hydroxylation is 2. The van der Waals surface area contributed by atoms with Gasteiger partial charge in [-0.3, -0.25) is 28.9 Å². The molecule has 0 aromatic carbocycles. The number of imidazole rings is 1. The Bertz CT molecular complexity index is 1050. The minimum Gasteiger partial charge on any atom is -0.355 e. The average molecular weight is 400 g/mol. The predicted octanol–water partition coefficient (Wildman–Crippen LogP) is 1.99. The van der Waals surface area contributed by atoms with Crippen molar-refractivity contribution in [3.05, 3.63) is 40.5 Å². The molecule has 146 valence electrons. The molecule has 0 aliphatic heterocycles. The van der Waals surface area contributed by atoms with Crippen LogP contribution in [0.4, 0.5) is 5.95 Å². The number of nitrogens with zero attached hydrogens (tertiary/aromatic N) is 4. The Morgan fingerprint density at radius 2 is 2.11 bits per heavy atom. The molecule has 10 heteroatoms. The first-order valence-electron chi connectivity index (χ1n) is 8.70. The van der Waals surface area contributed by atoms with Crippen LogP contribution < -0.4 is 10.6 Å². The molecule has 28 heavy (non-hydrogen) atoms. The van der Waals surface area contributed by atoms with Gasteiger partial charge in [-0.15, -0.1) is 11.3 Å². The molecular formula is C18H20N6O3S. The molecule has 3 heterocycles. The number of hydrogen-bond acceptors (Lipinski definition) is 6. The van der Waals surface area contributed by atoms with Gasteiger partial charge in [0.05, 0.1) is 10.6 Å². The quantitative estimate of drug-likeness (QED) is 0.324. The van der Waals surface area contributed by atoms with Gasteiger partial charge in [-0.25, -0.2) is 4.98 Å². The maximum atomic E-state index is 12.8. The molecule has 0 saturated carbocycles. The standard InChI is InChI=1S/C18H20N6O3S/c1-3-24-15(8-12(2)22-24)16(27)21-18-20-14-9-13(10-25)28-17(14)23(18)7-5-4-6-19-11-26/h4-5,8-11H,3,6-7H2,1-2H3,(H,19,26)(H,20,21,27)/b5-4+. The zero-order chi connectivity index (χ0) is 20.1. The average Bonchev–Trinajstić information content (AvgIpc) is 3.34. The molecule has 2 N–H and O–H groups in total. The summed E-state index contributed by atoms with van der Waals surface area (Å²) in [6.45, 7) is 5.16. The number of thiophene rings is 1. The number of carbonyl (C=O) groups excluding carboxylic acids is 3. The first-order valence-corrected chi connectivity index (χ1v) is 9.52. The second kappa shape index (κ2) is 8.61. The van der Waals surface area contributed by atoms with Crippen LogP contribution in [-0.4, -0.2) is 44.5 Å². The number of aldehydes is 1. The normalized spacial score (nSPS) is 11.2. The van der Waals surface area contributed by atoms with Crippen LogP contribution in [0.15, 0.2) is 24.3 Å². The SMILES string of the molecule is CCn1nc(C)cc1C(=O)Nc1nc2cc(C=O)sc2n1C/C=C/CNC=O. The van der Waals surface area contributed by atoms with Gasteiger partial charge >= 0.3 is 0 Å². The van der Waals surface area contributed by atoms with Gasteiger partial charge in [-0.2, -0.15) is 5.10 Å². The Hall–Kier alpha value is -3.27. The van der Waals surface area contributed by atoms with Crippen molar-refractivity contribution in [3.8, 4) is 0 Å². The lowest BCUT2D eigenvalue weighted by atomic mass is 10.3. The number of nitrogens with one attached hydrogen (secondary N) is 2. The molecule has 3 aromatic heterocycles. The third-order valence-corrected chi connectivity index (χ3v) is 5.06. The highest BCUT2D eigenvalue weighted by molar-refractivity contribution is 7.20. The van der Waals surface area contributed by atoms with Gasteiger partial charge in [0.15, 0.2) is 6.29 Å². The number of hydrogen-bond donors (Lipinski definition) is 2. The summed E-state index contributed by atoms with van der Waals surface area (Å²) < 4.78 is 3.46. The van der Waals surface area contributed by atoms with Crippen LogP contribution in [0.3, 0.4) is 0 Å². The smallest absolute Gasteiger partial charge is 0.276 e. The van der Waals surface area contributed by atoms with Crippen molar-refractivity contribution in [2.75, 3.05) is 11.9 Å². The fraction of sp³-hybridized carbons (Fsp3) is 0.278. The van der Waals surface area contributed by atoms with Crippen molar-refractivity contribution >= 4 is 46.2 Å². The molecule has 3 aromatic rings. The van der Waals surface area contributed by atoms with Crippen LogP contribution in [0, 0.1) is 6.92 Å². The fourth-order valence-electron chi connectivity index (χ4n) is 2.77. The van der Waals surface area contributed by atoms with E-state index in [0.717, 1.165) is 16.8 Å². The summed E-state index contributed by atoms with van der Waals surface area (Å²) in [5.41, 5.74) is 1.86. The molecule has 0 fully saturated rings. The van der Waals surface area contributed by atoms with E-state index < -0.39 is 0 Å². The van der Waals surface area contributed by atoms with Gasteiger partial charge in [0.2, 0.25) is 12.4 Å². The Morgan fingerprint density at radius 1 is 1.29 bits per heavy atom. The minimum absolute atomic E-state index is 0.302. The van der Waals surface area contributed by atoms with Crippen molar-refractivity contribution in [2.24, 2.45) is 0 Å². The minimum atomic E-state index is -0.302. The zero-order valence-corrected chi connectivity index (χ0v) is 16.3. The third kappa shape index (κ3) is 4.01. The fourth-order valence-corrected chi connectivity index (χ4v) is 3.69. The van der Waals surface area contributed by atoms with Crippen LogP contribution in [-0.2, 0) is 17.9 Å². The van der Waals surface area contributed by atoms with Crippen molar-refractivity contribution in [1.29, 1.82) is 0 Å². The molecule has 0 spiro atoms. The summed E-state index contributed by atoms with van der Waals surface area (Å²) in [4.78, 5) is 40.0. The third-order valence-electron chi connectivity index (χ3n) is 3.99. The van der Waals surface area contributed by atoms with E-state index in [0.29, 0.717) is 48.1 Å². The Morgan fingerprint density at radius 3 is 2.82 bits per heavy atom. The lowest BCUT2D eigenvalue weighted by Crippen LogP contribution is -2.19. The van der Waals surface area contributed by atoms with Crippen LogP contribution in [0.1, 0.15) is 32.8 Å². The lowest BCUT2D eigenvalue weighted by molar-refractivity contribution is -0.109. The molecule has 2 amide bonds. The largest absolute Gasteiger partial charge is 0.355 e. The highest BCUT2D eigenvalue weighted by atomic mass is 32.1. The van der Waals surface area contributed by atoms with Gasteiger partial charge in [0.1, 0.15) is 16.0 Å². The number of anilines is 1. The van der Waals surface area contributed by atoms with E-state index in [1.165, 1.54) is 11.3 Å². The first-order chi connectivity index (χ1) is 13.6. The summed E-state index contributed by atoms with van der Waals surface area (Å²) in [7, 11) is 0. The number of carbonyl (C=O) groups is 3. The first kappa shape index (κ1) is 19.5. The van der Waals surface area contributed by atoms with Gasteiger partial charge in [0.25, 0.3) is 5.91 Å². The van der Waals surface area contributed by atoms with E-state index in [-0.39, 0.29) is 5.91 Å². The summed E-state index contributed by atoms with van der Waals surface area (Å²) >= 11 is 1.31. The lowest BCUT2D eigenvalue weighted by Gasteiger charge is -2.08. The molecule has 0 bridgehead atoms. The molecule has 0 atom stereocenters. The predicted molar refractivity (Wildman–Crippen MR) is 107 cm³/mol. The Labute approximate surface area is 165 Å². The highest BCUT2D eigenvalue weighted by Crippen LogP contribution is 2.28.